The number of amides is 2. The van der Waals surface area contributed by atoms with Crippen LogP contribution in [0.2, 0.25) is 5.02 Å². The molecule has 0 aliphatic carbocycles. The van der Waals surface area contributed by atoms with Gasteiger partial charge < -0.3 is 20.1 Å². The average molecular weight is 355 g/mol. The van der Waals surface area contributed by atoms with E-state index < -0.39 is 5.60 Å². The number of hydrogen-bond acceptors (Lipinski definition) is 4. The first-order chi connectivity index (χ1) is 11.4. The predicted molar refractivity (Wildman–Crippen MR) is 91.0 cm³/mol. The normalized spacial score (nSPS) is 20.5. The maximum absolute atomic E-state index is 12.3. The van der Waals surface area contributed by atoms with Crippen LogP contribution in [0.25, 0.3) is 0 Å². The van der Waals surface area contributed by atoms with E-state index in [2.05, 4.69) is 5.32 Å². The van der Waals surface area contributed by atoms with Crippen LogP contribution in [0.4, 0.5) is 0 Å². The van der Waals surface area contributed by atoms with Gasteiger partial charge in [0.1, 0.15) is 5.75 Å². The van der Waals surface area contributed by atoms with Gasteiger partial charge in [0.05, 0.1) is 30.1 Å². The number of rotatable bonds is 6. The predicted octanol–water partition coefficient (Wildman–Crippen LogP) is 1.60. The highest BCUT2D eigenvalue weighted by Gasteiger charge is 2.36. The van der Waals surface area contributed by atoms with E-state index >= 15 is 0 Å². The van der Waals surface area contributed by atoms with Crippen LogP contribution in [0.15, 0.2) is 24.3 Å². The number of carbonyl (C=O) groups excluding carboxylic acids is 2. The maximum Gasteiger partial charge on any atom is 0.226 e. The van der Waals surface area contributed by atoms with Gasteiger partial charge in [-0.05, 0) is 25.0 Å². The minimum absolute atomic E-state index is 0.00338. The number of aliphatic hydroxyl groups is 1. The van der Waals surface area contributed by atoms with Gasteiger partial charge in [0.15, 0.2) is 0 Å². The molecule has 0 spiro atoms. The lowest BCUT2D eigenvalue weighted by molar-refractivity contribution is -0.142. The Morgan fingerprint density at radius 2 is 2.17 bits per heavy atom. The van der Waals surface area contributed by atoms with Gasteiger partial charge >= 0.3 is 0 Å². The van der Waals surface area contributed by atoms with Crippen molar-refractivity contribution in [2.75, 3.05) is 26.7 Å². The van der Waals surface area contributed by atoms with Gasteiger partial charge in [-0.2, -0.15) is 0 Å². The number of carbonyl (C=O) groups is 2. The Kier molecular flexibility index (Phi) is 6.45. The number of ether oxygens (including phenoxy) is 1. The Balaban J connectivity index is 1.83. The van der Waals surface area contributed by atoms with Crippen LogP contribution in [0.5, 0.6) is 5.75 Å². The SMILES string of the molecule is CNC(=O)CC1(O)CCCN(C(=O)CCOc2ccccc2Cl)C1. The molecule has 1 saturated heterocycles. The second-order valence-electron chi connectivity index (χ2n) is 6.02. The number of benzene rings is 1. The molecule has 2 N–H and O–H groups in total. The van der Waals surface area contributed by atoms with Gasteiger partial charge in [-0.1, -0.05) is 23.7 Å². The molecule has 2 amide bonds. The van der Waals surface area contributed by atoms with Gasteiger partial charge in [-0.15, -0.1) is 0 Å². The largest absolute Gasteiger partial charge is 0.491 e. The van der Waals surface area contributed by atoms with Crippen LogP contribution in [0, 0.1) is 0 Å². The van der Waals surface area contributed by atoms with Crippen molar-refractivity contribution in [3.8, 4) is 5.75 Å². The van der Waals surface area contributed by atoms with Crippen LogP contribution in [0.3, 0.4) is 0 Å². The fourth-order valence-electron chi connectivity index (χ4n) is 2.82. The van der Waals surface area contributed by atoms with Crippen molar-refractivity contribution in [3.05, 3.63) is 29.3 Å². The standard InChI is InChI=1S/C17H23ClN2O4/c1-19-15(21)11-17(23)8-4-9-20(12-17)16(22)7-10-24-14-6-3-2-5-13(14)18/h2-3,5-6,23H,4,7-12H2,1H3,(H,19,21). The molecule has 1 aliphatic heterocycles. The summed E-state index contributed by atoms with van der Waals surface area (Å²) in [6, 6.07) is 7.09. The van der Waals surface area contributed by atoms with Crippen molar-refractivity contribution in [2.24, 2.45) is 0 Å². The molecule has 0 saturated carbocycles. The van der Waals surface area contributed by atoms with Crippen molar-refractivity contribution < 1.29 is 19.4 Å². The molecule has 0 bridgehead atoms. The third kappa shape index (κ3) is 5.11. The number of likely N-dealkylation sites (tertiary alicyclic amines) is 1. The molecule has 1 aromatic carbocycles. The fraction of sp³-hybridized carbons (Fsp3) is 0.529. The smallest absolute Gasteiger partial charge is 0.226 e. The molecule has 1 unspecified atom stereocenters. The molecule has 1 atom stereocenters. The molecule has 0 aromatic heterocycles. The number of nitrogens with zero attached hydrogens (tertiary/aromatic N) is 1. The number of hydrogen-bond donors (Lipinski definition) is 2. The zero-order valence-electron chi connectivity index (χ0n) is 13.8. The number of β-amino-alcohol motifs (C(OH)–C–C–N with tert-alkyl or cyclic N) is 1. The summed E-state index contributed by atoms with van der Waals surface area (Å²) in [4.78, 5) is 25.4. The Hall–Kier alpha value is -1.79. The lowest BCUT2D eigenvalue weighted by Crippen LogP contribution is -2.52. The molecule has 132 valence electrons. The van der Waals surface area contributed by atoms with Gasteiger partial charge in [-0.25, -0.2) is 0 Å². The second-order valence-corrected chi connectivity index (χ2v) is 6.43. The minimum Gasteiger partial charge on any atom is -0.491 e. The minimum atomic E-state index is -1.16. The van der Waals surface area contributed by atoms with Crippen molar-refractivity contribution in [3.63, 3.8) is 0 Å². The van der Waals surface area contributed by atoms with E-state index in [0.29, 0.717) is 30.2 Å². The summed E-state index contributed by atoms with van der Waals surface area (Å²) < 4.78 is 5.53. The molecule has 2 rings (SSSR count). The molecular weight excluding hydrogens is 332 g/mol. The van der Waals surface area contributed by atoms with Crippen LogP contribution in [-0.4, -0.2) is 54.2 Å². The highest BCUT2D eigenvalue weighted by Crippen LogP contribution is 2.26. The lowest BCUT2D eigenvalue weighted by atomic mass is 9.89. The quantitative estimate of drug-likeness (QED) is 0.813. The van der Waals surface area contributed by atoms with E-state index in [1.54, 1.807) is 23.1 Å². The van der Waals surface area contributed by atoms with Gasteiger partial charge in [-0.3, -0.25) is 9.59 Å². The van der Waals surface area contributed by atoms with Crippen molar-refractivity contribution in [1.82, 2.24) is 10.2 Å². The summed E-state index contributed by atoms with van der Waals surface area (Å²) in [7, 11) is 1.53. The van der Waals surface area contributed by atoms with E-state index in [4.69, 9.17) is 16.3 Å². The number of piperidine rings is 1. The first-order valence-electron chi connectivity index (χ1n) is 8.01. The van der Waals surface area contributed by atoms with Crippen LogP contribution >= 0.6 is 11.6 Å². The summed E-state index contributed by atoms with van der Waals surface area (Å²) in [6.45, 7) is 0.971. The molecule has 0 radical (unpaired) electrons. The molecule has 6 nitrogen and oxygen atoms in total. The molecule has 7 heteroatoms. The second kappa shape index (κ2) is 8.35. The van der Waals surface area contributed by atoms with Crippen LogP contribution in [-0.2, 0) is 9.59 Å². The van der Waals surface area contributed by atoms with E-state index in [-0.39, 0.29) is 37.8 Å². The summed E-state index contributed by atoms with van der Waals surface area (Å²) in [5.74, 6) is 0.215. The van der Waals surface area contributed by atoms with Crippen molar-refractivity contribution in [1.29, 1.82) is 0 Å². The summed E-state index contributed by atoms with van der Waals surface area (Å²) in [6.07, 6.45) is 1.38. The first kappa shape index (κ1) is 18.5. The van der Waals surface area contributed by atoms with E-state index in [1.807, 2.05) is 6.07 Å². The molecule has 1 aromatic rings. The number of nitrogens with one attached hydrogen (secondary N) is 1. The molecule has 1 heterocycles. The Morgan fingerprint density at radius 1 is 1.42 bits per heavy atom. The zero-order chi connectivity index (χ0) is 17.6. The van der Waals surface area contributed by atoms with Gasteiger partial charge in [0.25, 0.3) is 0 Å². The number of halogens is 1. The van der Waals surface area contributed by atoms with Crippen LogP contribution in [0.1, 0.15) is 25.7 Å². The van der Waals surface area contributed by atoms with Gasteiger partial charge in [0.2, 0.25) is 11.8 Å². The highest BCUT2D eigenvalue weighted by atomic mass is 35.5. The fourth-order valence-corrected chi connectivity index (χ4v) is 3.02. The Morgan fingerprint density at radius 3 is 2.88 bits per heavy atom. The molecule has 1 fully saturated rings. The molecule has 24 heavy (non-hydrogen) atoms. The summed E-state index contributed by atoms with van der Waals surface area (Å²) in [5.41, 5.74) is -1.16. The zero-order valence-corrected chi connectivity index (χ0v) is 14.5. The van der Waals surface area contributed by atoms with E-state index in [1.165, 1.54) is 7.05 Å². The average Bonchev–Trinajstić information content (AvgIpc) is 2.56. The topological polar surface area (TPSA) is 78.9 Å². The monoisotopic (exact) mass is 354 g/mol. The lowest BCUT2D eigenvalue weighted by Gasteiger charge is -2.38. The summed E-state index contributed by atoms with van der Waals surface area (Å²) >= 11 is 6.00. The first-order valence-corrected chi connectivity index (χ1v) is 8.39. The third-order valence-electron chi connectivity index (χ3n) is 4.09. The van der Waals surface area contributed by atoms with Crippen molar-refractivity contribution >= 4 is 23.4 Å². The Bertz CT molecular complexity index is 596. The number of para-hydroxylation sites is 1. The van der Waals surface area contributed by atoms with Gasteiger partial charge in [0, 0.05) is 20.1 Å². The highest BCUT2D eigenvalue weighted by molar-refractivity contribution is 6.32. The molecule has 1 aliphatic rings. The van der Waals surface area contributed by atoms with E-state index in [9.17, 15) is 14.7 Å². The van der Waals surface area contributed by atoms with Crippen molar-refractivity contribution in [2.45, 2.75) is 31.3 Å². The Labute approximate surface area is 146 Å². The van der Waals surface area contributed by atoms with E-state index in [0.717, 1.165) is 0 Å². The van der Waals surface area contributed by atoms with Crippen LogP contribution < -0.4 is 10.1 Å². The maximum atomic E-state index is 12.3. The third-order valence-corrected chi connectivity index (χ3v) is 4.40. The summed E-state index contributed by atoms with van der Waals surface area (Å²) in [5, 5.41) is 13.5. The molecular formula is C17H23ClN2O4.